The second-order valence-corrected chi connectivity index (χ2v) is 5.95. The minimum absolute atomic E-state index is 0.183. The molecule has 2 aromatic carbocycles. The molecule has 146 valence electrons. The van der Waals surface area contributed by atoms with Crippen LogP contribution in [0.5, 0.6) is 17.2 Å². The number of hydrogen-bond acceptors (Lipinski definition) is 7. The van der Waals surface area contributed by atoms with Crippen LogP contribution in [0.25, 0.3) is 22.1 Å². The Balaban J connectivity index is 2.06. The van der Waals surface area contributed by atoms with Gasteiger partial charge in [-0.25, -0.2) is 5.84 Å². The minimum Gasteiger partial charge on any atom is -0.493 e. The molecule has 8 heteroatoms. The summed E-state index contributed by atoms with van der Waals surface area (Å²) in [7, 11) is 3.08. The van der Waals surface area contributed by atoms with Crippen LogP contribution in [-0.2, 0) is 4.79 Å². The van der Waals surface area contributed by atoms with Gasteiger partial charge in [-0.15, -0.1) is 0 Å². The summed E-state index contributed by atoms with van der Waals surface area (Å²) in [5.41, 5.74) is 3.25. The summed E-state index contributed by atoms with van der Waals surface area (Å²) in [5.74, 6) is 6.46. The summed E-state index contributed by atoms with van der Waals surface area (Å²) >= 11 is 0. The van der Waals surface area contributed by atoms with Crippen LogP contribution in [0.2, 0.25) is 0 Å². The van der Waals surface area contributed by atoms with E-state index in [0.717, 1.165) is 0 Å². The van der Waals surface area contributed by atoms with E-state index in [1.54, 1.807) is 50.4 Å². The average Bonchev–Trinajstić information content (AvgIpc) is 2.71. The first-order valence-corrected chi connectivity index (χ1v) is 8.40. The van der Waals surface area contributed by atoms with Gasteiger partial charge in [-0.3, -0.25) is 15.0 Å². The van der Waals surface area contributed by atoms with Crippen molar-refractivity contribution >= 4 is 16.9 Å². The molecule has 1 heterocycles. The summed E-state index contributed by atoms with van der Waals surface area (Å²) in [5, 5.41) is 0.394. The van der Waals surface area contributed by atoms with E-state index in [4.69, 9.17) is 24.5 Å². The number of nitrogens with two attached hydrogens (primary N) is 1. The van der Waals surface area contributed by atoms with Gasteiger partial charge in [-0.05, 0) is 36.8 Å². The Labute approximate surface area is 160 Å². The lowest BCUT2D eigenvalue weighted by molar-refractivity contribution is -0.123. The van der Waals surface area contributed by atoms with Crippen molar-refractivity contribution in [2.75, 3.05) is 20.8 Å². The van der Waals surface area contributed by atoms with E-state index in [1.807, 2.05) is 5.43 Å². The highest BCUT2D eigenvalue weighted by Gasteiger charge is 2.16. The number of ether oxygens (including phenoxy) is 3. The van der Waals surface area contributed by atoms with Gasteiger partial charge in [0.05, 0.1) is 25.2 Å². The summed E-state index contributed by atoms with van der Waals surface area (Å²) in [6.45, 7) is 1.47. The van der Waals surface area contributed by atoms with Crippen LogP contribution in [0.3, 0.4) is 0 Å². The summed E-state index contributed by atoms with van der Waals surface area (Å²) in [4.78, 5) is 24.3. The van der Waals surface area contributed by atoms with Crippen molar-refractivity contribution < 1.29 is 23.4 Å². The van der Waals surface area contributed by atoms with E-state index in [1.165, 1.54) is 7.11 Å². The number of hydrogen-bond donors (Lipinski definition) is 2. The molecule has 3 aromatic rings. The van der Waals surface area contributed by atoms with Gasteiger partial charge in [0, 0.05) is 6.07 Å². The van der Waals surface area contributed by atoms with Crippen LogP contribution >= 0.6 is 0 Å². The summed E-state index contributed by atoms with van der Waals surface area (Å²) in [6, 6.07) is 9.99. The number of carbonyl (C=O) groups excluding carboxylic acids is 1. The molecule has 0 aliphatic rings. The summed E-state index contributed by atoms with van der Waals surface area (Å²) in [6.07, 6.45) is 0. The fourth-order valence-corrected chi connectivity index (χ4v) is 2.89. The molecule has 0 radical (unpaired) electrons. The molecule has 0 saturated heterocycles. The molecule has 3 rings (SSSR count). The monoisotopic (exact) mass is 384 g/mol. The fourth-order valence-electron chi connectivity index (χ4n) is 2.89. The van der Waals surface area contributed by atoms with Gasteiger partial charge < -0.3 is 18.6 Å². The topological polar surface area (TPSA) is 113 Å². The van der Waals surface area contributed by atoms with E-state index in [9.17, 15) is 9.59 Å². The Morgan fingerprint density at radius 1 is 1.11 bits per heavy atom. The molecular weight excluding hydrogens is 364 g/mol. The van der Waals surface area contributed by atoms with Gasteiger partial charge in [0.15, 0.2) is 18.1 Å². The third-order valence-electron chi connectivity index (χ3n) is 4.24. The molecule has 1 aromatic heterocycles. The van der Waals surface area contributed by atoms with Crippen molar-refractivity contribution in [2.45, 2.75) is 6.92 Å². The molecule has 0 aliphatic heterocycles. The third kappa shape index (κ3) is 3.63. The van der Waals surface area contributed by atoms with Gasteiger partial charge in [0.25, 0.3) is 5.91 Å². The number of amides is 1. The van der Waals surface area contributed by atoms with Gasteiger partial charge >= 0.3 is 0 Å². The number of carbonyl (C=O) groups is 1. The van der Waals surface area contributed by atoms with E-state index in [2.05, 4.69) is 0 Å². The Bertz CT molecular complexity index is 1090. The van der Waals surface area contributed by atoms with Crippen LogP contribution < -0.4 is 30.9 Å². The highest BCUT2D eigenvalue weighted by molar-refractivity contribution is 5.84. The van der Waals surface area contributed by atoms with Crippen LogP contribution in [0, 0.1) is 6.92 Å². The Morgan fingerprint density at radius 3 is 2.54 bits per heavy atom. The number of aryl methyl sites for hydroxylation is 1. The van der Waals surface area contributed by atoms with Gasteiger partial charge in [-0.2, -0.15) is 0 Å². The standard InChI is InChI=1S/C20H20N2O6/c1-11-19(12-4-7-15(25-2)17(8-12)26-3)20(24)14-6-5-13(9-16(14)28-11)27-10-18(23)22-21/h4-9H,10,21H2,1-3H3,(H,22,23). The van der Waals surface area contributed by atoms with Crippen LogP contribution in [0.15, 0.2) is 45.6 Å². The predicted octanol–water partition coefficient (Wildman–Crippen LogP) is 2.15. The Kier molecular flexibility index (Phi) is 5.51. The van der Waals surface area contributed by atoms with Crippen molar-refractivity contribution in [1.29, 1.82) is 0 Å². The zero-order valence-electron chi connectivity index (χ0n) is 15.7. The number of benzene rings is 2. The zero-order valence-corrected chi connectivity index (χ0v) is 15.7. The van der Waals surface area contributed by atoms with Crippen LogP contribution in [0.4, 0.5) is 0 Å². The largest absolute Gasteiger partial charge is 0.493 e. The molecule has 0 saturated carbocycles. The molecule has 0 atom stereocenters. The van der Waals surface area contributed by atoms with E-state index < -0.39 is 5.91 Å². The SMILES string of the molecule is COc1ccc(-c2c(C)oc3cc(OCC(=O)NN)ccc3c2=O)cc1OC. The Morgan fingerprint density at radius 2 is 1.86 bits per heavy atom. The summed E-state index contributed by atoms with van der Waals surface area (Å²) < 4.78 is 21.8. The van der Waals surface area contributed by atoms with Crippen molar-refractivity contribution in [3.63, 3.8) is 0 Å². The van der Waals surface area contributed by atoms with Gasteiger partial charge in [-0.1, -0.05) is 6.07 Å². The van der Waals surface area contributed by atoms with Crippen molar-refractivity contribution in [3.05, 3.63) is 52.4 Å². The van der Waals surface area contributed by atoms with Crippen LogP contribution in [-0.4, -0.2) is 26.7 Å². The lowest BCUT2D eigenvalue weighted by atomic mass is 10.0. The van der Waals surface area contributed by atoms with Crippen LogP contribution in [0.1, 0.15) is 5.76 Å². The Hall–Kier alpha value is -3.52. The number of methoxy groups -OCH3 is 2. The second kappa shape index (κ2) is 8.01. The lowest BCUT2D eigenvalue weighted by Crippen LogP contribution is -2.34. The minimum atomic E-state index is -0.471. The highest BCUT2D eigenvalue weighted by Crippen LogP contribution is 2.33. The molecule has 1 amide bonds. The first-order chi connectivity index (χ1) is 13.5. The molecule has 28 heavy (non-hydrogen) atoms. The smallest absolute Gasteiger partial charge is 0.271 e. The highest BCUT2D eigenvalue weighted by atomic mass is 16.5. The second-order valence-electron chi connectivity index (χ2n) is 5.95. The van der Waals surface area contributed by atoms with E-state index >= 15 is 0 Å². The fraction of sp³-hybridized carbons (Fsp3) is 0.200. The lowest BCUT2D eigenvalue weighted by Gasteiger charge is -2.12. The number of hydrazine groups is 1. The number of rotatable bonds is 6. The maximum absolute atomic E-state index is 13.1. The van der Waals surface area contributed by atoms with Crippen molar-refractivity contribution in [3.8, 4) is 28.4 Å². The molecule has 0 bridgehead atoms. The van der Waals surface area contributed by atoms with Crippen molar-refractivity contribution in [1.82, 2.24) is 5.43 Å². The molecule has 8 nitrogen and oxygen atoms in total. The normalized spacial score (nSPS) is 10.6. The van der Waals surface area contributed by atoms with Gasteiger partial charge in [0.2, 0.25) is 5.43 Å². The predicted molar refractivity (Wildman–Crippen MR) is 104 cm³/mol. The molecule has 0 unspecified atom stereocenters. The first-order valence-electron chi connectivity index (χ1n) is 8.40. The van der Waals surface area contributed by atoms with E-state index in [-0.39, 0.29) is 12.0 Å². The third-order valence-corrected chi connectivity index (χ3v) is 4.24. The maximum atomic E-state index is 13.1. The zero-order chi connectivity index (χ0) is 20.3. The average molecular weight is 384 g/mol. The number of fused-ring (bicyclic) bond motifs is 1. The first kappa shape index (κ1) is 19.2. The van der Waals surface area contributed by atoms with E-state index in [0.29, 0.717) is 45.1 Å². The molecular formula is C20H20N2O6. The van der Waals surface area contributed by atoms with Crippen molar-refractivity contribution in [2.24, 2.45) is 5.84 Å². The molecule has 3 N–H and O–H groups in total. The quantitative estimate of drug-likeness (QED) is 0.380. The molecule has 0 spiro atoms. The molecule has 0 fully saturated rings. The number of nitrogens with one attached hydrogen (secondary N) is 1. The van der Waals surface area contributed by atoms with Gasteiger partial charge in [0.1, 0.15) is 17.1 Å². The molecule has 0 aliphatic carbocycles. The maximum Gasteiger partial charge on any atom is 0.271 e.